The van der Waals surface area contributed by atoms with Gasteiger partial charge >= 0.3 is 5.97 Å². The molecule has 0 aromatic rings. The molecule has 0 aromatic heterocycles. The van der Waals surface area contributed by atoms with Crippen LogP contribution in [0.2, 0.25) is 0 Å². The molecule has 86 valence electrons. The van der Waals surface area contributed by atoms with E-state index < -0.39 is 17.0 Å². The first kappa shape index (κ1) is 12.0. The minimum atomic E-state index is -1.03. The SMILES string of the molecule is CC(C)(C(=O)O)N1CCNC(=O)C1(C)C. The lowest BCUT2D eigenvalue weighted by Crippen LogP contribution is -2.69. The van der Waals surface area contributed by atoms with Crippen LogP contribution in [-0.2, 0) is 9.59 Å². The molecule has 0 aromatic carbocycles. The molecule has 0 unspecified atom stereocenters. The molecule has 0 aliphatic carbocycles. The highest BCUT2D eigenvalue weighted by Crippen LogP contribution is 2.27. The van der Waals surface area contributed by atoms with Crippen molar-refractivity contribution >= 4 is 11.9 Å². The number of rotatable bonds is 2. The van der Waals surface area contributed by atoms with E-state index in [1.165, 1.54) is 0 Å². The molecule has 1 heterocycles. The van der Waals surface area contributed by atoms with Gasteiger partial charge in [-0.3, -0.25) is 14.5 Å². The van der Waals surface area contributed by atoms with Gasteiger partial charge in [0.1, 0.15) is 5.54 Å². The van der Waals surface area contributed by atoms with Gasteiger partial charge in [-0.05, 0) is 27.7 Å². The smallest absolute Gasteiger partial charge is 0.323 e. The van der Waals surface area contributed by atoms with Crippen LogP contribution in [0.4, 0.5) is 0 Å². The molecule has 1 fully saturated rings. The number of carboxylic acid groups (broad SMARTS) is 1. The normalized spacial score (nSPS) is 22.3. The zero-order valence-electron chi connectivity index (χ0n) is 9.63. The Morgan fingerprint density at radius 1 is 1.53 bits per heavy atom. The third kappa shape index (κ3) is 1.84. The topological polar surface area (TPSA) is 69.6 Å². The Morgan fingerprint density at radius 3 is 2.53 bits per heavy atom. The van der Waals surface area contributed by atoms with Gasteiger partial charge in [-0.1, -0.05) is 0 Å². The second-order valence-electron chi connectivity index (χ2n) is 4.83. The van der Waals surface area contributed by atoms with Crippen molar-refractivity contribution in [3.05, 3.63) is 0 Å². The maximum Gasteiger partial charge on any atom is 0.323 e. The standard InChI is InChI=1S/C10H18N2O3/c1-9(2)7(13)11-5-6-12(9)10(3,4)8(14)15/h5-6H2,1-4H3,(H,11,13)(H,14,15). The Balaban J connectivity index is 3.03. The first-order valence-corrected chi connectivity index (χ1v) is 5.00. The Hall–Kier alpha value is -1.10. The minimum absolute atomic E-state index is 0.122. The van der Waals surface area contributed by atoms with Crippen LogP contribution >= 0.6 is 0 Å². The van der Waals surface area contributed by atoms with Crippen LogP contribution in [0, 0.1) is 0 Å². The Bertz CT molecular complexity index is 289. The van der Waals surface area contributed by atoms with Gasteiger partial charge in [-0.2, -0.15) is 0 Å². The van der Waals surface area contributed by atoms with E-state index in [4.69, 9.17) is 5.11 Å². The molecule has 5 heteroatoms. The number of hydrogen-bond donors (Lipinski definition) is 2. The highest BCUT2D eigenvalue weighted by atomic mass is 16.4. The summed E-state index contributed by atoms with van der Waals surface area (Å²) in [6.45, 7) is 7.78. The summed E-state index contributed by atoms with van der Waals surface area (Å²) in [5.74, 6) is -1.03. The quantitative estimate of drug-likeness (QED) is 0.682. The average Bonchev–Trinajstić information content (AvgIpc) is 2.09. The lowest BCUT2D eigenvalue weighted by atomic mass is 9.90. The number of piperazine rings is 1. The van der Waals surface area contributed by atoms with Crippen molar-refractivity contribution in [3.8, 4) is 0 Å². The number of amides is 1. The number of carbonyl (C=O) groups is 2. The predicted molar refractivity (Wildman–Crippen MR) is 55.5 cm³/mol. The number of nitrogens with zero attached hydrogens (tertiary/aromatic N) is 1. The zero-order chi connectivity index (χ0) is 11.9. The average molecular weight is 214 g/mol. The summed E-state index contributed by atoms with van der Waals surface area (Å²) in [5, 5.41) is 11.9. The number of carbonyl (C=O) groups excluding carboxylic acids is 1. The highest BCUT2D eigenvalue weighted by Gasteiger charge is 2.48. The van der Waals surface area contributed by atoms with Gasteiger partial charge in [0.05, 0.1) is 5.54 Å². The number of nitrogens with one attached hydrogen (secondary N) is 1. The molecule has 1 amide bonds. The van der Waals surface area contributed by atoms with E-state index in [1.54, 1.807) is 32.6 Å². The summed E-state index contributed by atoms with van der Waals surface area (Å²) < 4.78 is 0. The van der Waals surface area contributed by atoms with E-state index in [-0.39, 0.29) is 5.91 Å². The van der Waals surface area contributed by atoms with Crippen molar-refractivity contribution in [2.24, 2.45) is 0 Å². The van der Waals surface area contributed by atoms with Gasteiger partial charge in [0.25, 0.3) is 0 Å². The second kappa shape index (κ2) is 3.48. The Morgan fingerprint density at radius 2 is 2.07 bits per heavy atom. The van der Waals surface area contributed by atoms with Crippen LogP contribution in [0.5, 0.6) is 0 Å². The fraction of sp³-hybridized carbons (Fsp3) is 0.800. The maximum atomic E-state index is 11.6. The summed E-state index contributed by atoms with van der Waals surface area (Å²) >= 11 is 0. The van der Waals surface area contributed by atoms with Gasteiger partial charge in [0.2, 0.25) is 5.91 Å². The van der Waals surface area contributed by atoms with Crippen LogP contribution in [0.1, 0.15) is 27.7 Å². The molecule has 1 saturated heterocycles. The minimum Gasteiger partial charge on any atom is -0.480 e. The van der Waals surface area contributed by atoms with Crippen LogP contribution in [0.25, 0.3) is 0 Å². The zero-order valence-corrected chi connectivity index (χ0v) is 9.63. The molecular formula is C10H18N2O3. The van der Waals surface area contributed by atoms with E-state index in [0.29, 0.717) is 13.1 Å². The lowest BCUT2D eigenvalue weighted by Gasteiger charge is -2.48. The van der Waals surface area contributed by atoms with E-state index in [1.807, 2.05) is 0 Å². The van der Waals surface area contributed by atoms with E-state index in [0.717, 1.165) is 0 Å². The van der Waals surface area contributed by atoms with Gasteiger partial charge in [-0.25, -0.2) is 0 Å². The summed E-state index contributed by atoms with van der Waals surface area (Å²) in [7, 11) is 0. The first-order chi connectivity index (χ1) is 6.70. The molecule has 0 atom stereocenters. The van der Waals surface area contributed by atoms with Crippen molar-refractivity contribution in [2.75, 3.05) is 13.1 Å². The molecule has 1 aliphatic heterocycles. The van der Waals surface area contributed by atoms with Gasteiger partial charge < -0.3 is 10.4 Å². The molecular weight excluding hydrogens is 196 g/mol. The number of aliphatic carboxylic acids is 1. The fourth-order valence-electron chi connectivity index (χ4n) is 1.99. The summed E-state index contributed by atoms with van der Waals surface area (Å²) in [4.78, 5) is 24.5. The van der Waals surface area contributed by atoms with Gasteiger partial charge in [0.15, 0.2) is 0 Å². The first-order valence-electron chi connectivity index (χ1n) is 5.00. The second-order valence-corrected chi connectivity index (χ2v) is 4.83. The number of hydrogen-bond acceptors (Lipinski definition) is 3. The molecule has 0 spiro atoms. The molecule has 1 rings (SSSR count). The van der Waals surface area contributed by atoms with E-state index in [9.17, 15) is 9.59 Å². The summed E-state index contributed by atoms with van der Waals surface area (Å²) in [6.07, 6.45) is 0. The van der Waals surface area contributed by atoms with Crippen LogP contribution in [0.15, 0.2) is 0 Å². The van der Waals surface area contributed by atoms with Crippen LogP contribution in [0.3, 0.4) is 0 Å². The molecule has 15 heavy (non-hydrogen) atoms. The van der Waals surface area contributed by atoms with Crippen molar-refractivity contribution in [3.63, 3.8) is 0 Å². The van der Waals surface area contributed by atoms with Crippen molar-refractivity contribution < 1.29 is 14.7 Å². The molecule has 0 radical (unpaired) electrons. The summed E-state index contributed by atoms with van der Waals surface area (Å²) in [6, 6.07) is 0. The largest absolute Gasteiger partial charge is 0.480 e. The van der Waals surface area contributed by atoms with Crippen molar-refractivity contribution in [1.82, 2.24) is 10.2 Å². The highest BCUT2D eigenvalue weighted by molar-refractivity contribution is 5.88. The van der Waals surface area contributed by atoms with E-state index >= 15 is 0 Å². The molecule has 0 saturated carbocycles. The summed E-state index contributed by atoms with van der Waals surface area (Å²) in [5.41, 5.74) is -1.80. The third-order valence-electron chi connectivity index (χ3n) is 3.05. The van der Waals surface area contributed by atoms with Crippen LogP contribution < -0.4 is 5.32 Å². The predicted octanol–water partition coefficient (Wildman–Crippen LogP) is 0.0600. The molecule has 5 nitrogen and oxygen atoms in total. The lowest BCUT2D eigenvalue weighted by molar-refractivity contribution is -0.159. The molecule has 2 N–H and O–H groups in total. The Kier molecular flexibility index (Phi) is 2.78. The van der Waals surface area contributed by atoms with Crippen molar-refractivity contribution in [2.45, 2.75) is 38.8 Å². The Labute approximate surface area is 89.4 Å². The van der Waals surface area contributed by atoms with E-state index in [2.05, 4.69) is 5.32 Å². The van der Waals surface area contributed by atoms with Crippen molar-refractivity contribution in [1.29, 1.82) is 0 Å². The molecule has 1 aliphatic rings. The molecule has 0 bridgehead atoms. The number of carboxylic acids is 1. The van der Waals surface area contributed by atoms with Gasteiger partial charge in [-0.15, -0.1) is 0 Å². The fourth-order valence-corrected chi connectivity index (χ4v) is 1.99. The monoisotopic (exact) mass is 214 g/mol. The van der Waals surface area contributed by atoms with Crippen LogP contribution in [-0.4, -0.2) is 46.1 Å². The maximum absolute atomic E-state index is 11.6. The van der Waals surface area contributed by atoms with Gasteiger partial charge in [0, 0.05) is 13.1 Å². The third-order valence-corrected chi connectivity index (χ3v) is 3.05.